The Morgan fingerprint density at radius 1 is 1.37 bits per heavy atom. The SMILES string of the molecule is CCSCCN(c1ccc(C)cc1)[C@@H](C)C(=O)[O-].[Na+]. The van der Waals surface area contributed by atoms with Crippen LogP contribution in [0.1, 0.15) is 19.4 Å². The summed E-state index contributed by atoms with van der Waals surface area (Å²) < 4.78 is 0. The molecule has 0 saturated carbocycles. The number of carboxylic acid groups (broad SMARTS) is 1. The smallest absolute Gasteiger partial charge is 0.548 e. The minimum atomic E-state index is -1.03. The van der Waals surface area contributed by atoms with E-state index >= 15 is 0 Å². The second-order valence-corrected chi connectivity index (χ2v) is 5.61. The Kier molecular flexibility index (Phi) is 9.62. The van der Waals surface area contributed by atoms with Gasteiger partial charge in [0.05, 0.1) is 12.0 Å². The molecule has 0 aliphatic rings. The molecular formula is C14H20NNaO2S. The monoisotopic (exact) mass is 289 g/mol. The van der Waals surface area contributed by atoms with Crippen LogP contribution >= 0.6 is 11.8 Å². The molecule has 3 nitrogen and oxygen atoms in total. The average Bonchev–Trinajstić information content (AvgIpc) is 2.35. The molecule has 0 aliphatic heterocycles. The van der Waals surface area contributed by atoms with Gasteiger partial charge in [0.1, 0.15) is 0 Å². The van der Waals surface area contributed by atoms with Crippen molar-refractivity contribution in [2.24, 2.45) is 0 Å². The predicted molar refractivity (Wildman–Crippen MR) is 76.0 cm³/mol. The van der Waals surface area contributed by atoms with E-state index in [1.54, 1.807) is 6.92 Å². The number of anilines is 1. The molecule has 1 aromatic rings. The summed E-state index contributed by atoms with van der Waals surface area (Å²) in [5.74, 6) is 0.931. The van der Waals surface area contributed by atoms with Gasteiger partial charge in [-0.1, -0.05) is 24.6 Å². The number of carboxylic acids is 1. The summed E-state index contributed by atoms with van der Waals surface area (Å²) in [6.45, 7) is 6.51. The zero-order chi connectivity index (χ0) is 13.5. The molecule has 0 aromatic heterocycles. The van der Waals surface area contributed by atoms with Gasteiger partial charge >= 0.3 is 29.6 Å². The molecule has 0 heterocycles. The van der Waals surface area contributed by atoms with E-state index in [0.717, 1.165) is 23.7 Å². The van der Waals surface area contributed by atoms with E-state index in [-0.39, 0.29) is 29.6 Å². The first kappa shape index (κ1) is 18.8. The zero-order valence-electron chi connectivity index (χ0n) is 12.2. The first-order valence-electron chi connectivity index (χ1n) is 6.18. The second-order valence-electron chi connectivity index (χ2n) is 4.22. The van der Waals surface area contributed by atoms with Gasteiger partial charge in [0, 0.05) is 18.0 Å². The summed E-state index contributed by atoms with van der Waals surface area (Å²) >= 11 is 1.81. The maximum Gasteiger partial charge on any atom is 1.00 e. The van der Waals surface area contributed by atoms with Crippen LogP contribution in [0.15, 0.2) is 24.3 Å². The third-order valence-corrected chi connectivity index (χ3v) is 3.73. The molecule has 0 amide bonds. The van der Waals surface area contributed by atoms with Crippen LogP contribution in [0.5, 0.6) is 0 Å². The number of nitrogens with zero attached hydrogens (tertiary/aromatic N) is 1. The second kappa shape index (κ2) is 9.70. The molecule has 0 aliphatic carbocycles. The average molecular weight is 289 g/mol. The van der Waals surface area contributed by atoms with Crippen molar-refractivity contribution < 1.29 is 39.5 Å². The van der Waals surface area contributed by atoms with E-state index in [1.807, 2.05) is 47.9 Å². The number of rotatable bonds is 7. The van der Waals surface area contributed by atoms with Crippen molar-refractivity contribution in [3.63, 3.8) is 0 Å². The number of benzene rings is 1. The Morgan fingerprint density at radius 2 is 1.95 bits per heavy atom. The first-order chi connectivity index (χ1) is 8.56. The molecule has 0 fully saturated rings. The number of hydrogen-bond acceptors (Lipinski definition) is 4. The molecule has 0 N–H and O–H groups in total. The molecule has 0 radical (unpaired) electrons. The van der Waals surface area contributed by atoms with Crippen LogP contribution in [-0.2, 0) is 4.79 Å². The summed E-state index contributed by atoms with van der Waals surface area (Å²) in [7, 11) is 0. The van der Waals surface area contributed by atoms with Crippen molar-refractivity contribution in [3.05, 3.63) is 29.8 Å². The Bertz CT molecular complexity index is 384. The standard InChI is InChI=1S/C14H21NO2S.Na/c1-4-18-10-9-15(12(3)14(16)17)13-7-5-11(2)6-8-13;/h5-8,12H,4,9-10H2,1-3H3,(H,16,17);/q;+1/p-1/t12-;/m0./s1. The largest absolute Gasteiger partial charge is 1.00 e. The van der Waals surface area contributed by atoms with Gasteiger partial charge in [-0.25, -0.2) is 0 Å². The van der Waals surface area contributed by atoms with Crippen LogP contribution in [0.3, 0.4) is 0 Å². The Labute approximate surface area is 142 Å². The van der Waals surface area contributed by atoms with Gasteiger partial charge in [-0.3, -0.25) is 0 Å². The van der Waals surface area contributed by atoms with Gasteiger partial charge in [-0.05, 0) is 31.7 Å². The van der Waals surface area contributed by atoms with Gasteiger partial charge in [0.15, 0.2) is 0 Å². The summed E-state index contributed by atoms with van der Waals surface area (Å²) in [4.78, 5) is 12.9. The fourth-order valence-corrected chi connectivity index (χ4v) is 2.33. The van der Waals surface area contributed by atoms with Crippen molar-refractivity contribution in [1.82, 2.24) is 0 Å². The van der Waals surface area contributed by atoms with E-state index in [2.05, 4.69) is 6.92 Å². The fourth-order valence-electron chi connectivity index (χ4n) is 1.72. The minimum absolute atomic E-state index is 0. The molecule has 0 unspecified atom stereocenters. The van der Waals surface area contributed by atoms with E-state index in [9.17, 15) is 9.90 Å². The molecule has 0 saturated heterocycles. The minimum Gasteiger partial charge on any atom is -0.548 e. The van der Waals surface area contributed by atoms with Crippen LogP contribution in [0.2, 0.25) is 0 Å². The van der Waals surface area contributed by atoms with Crippen LogP contribution in [-0.4, -0.2) is 30.1 Å². The Hall–Kier alpha value is -0.160. The van der Waals surface area contributed by atoms with Crippen LogP contribution in [0.25, 0.3) is 0 Å². The van der Waals surface area contributed by atoms with E-state index in [0.29, 0.717) is 0 Å². The Balaban J connectivity index is 0.00000324. The van der Waals surface area contributed by atoms with Crippen molar-refractivity contribution in [3.8, 4) is 0 Å². The molecule has 19 heavy (non-hydrogen) atoms. The third kappa shape index (κ3) is 6.21. The first-order valence-corrected chi connectivity index (χ1v) is 7.33. The predicted octanol–water partition coefficient (Wildman–Crippen LogP) is -1.30. The fraction of sp³-hybridized carbons (Fsp3) is 0.500. The van der Waals surface area contributed by atoms with Crippen LogP contribution in [0, 0.1) is 6.92 Å². The molecule has 1 atom stereocenters. The number of aliphatic carboxylic acids is 1. The number of carbonyl (C=O) groups excluding carboxylic acids is 1. The number of thioether (sulfide) groups is 1. The number of carbonyl (C=O) groups is 1. The third-order valence-electron chi connectivity index (χ3n) is 2.85. The normalized spacial score (nSPS) is 11.5. The van der Waals surface area contributed by atoms with E-state index in [1.165, 1.54) is 5.56 Å². The zero-order valence-corrected chi connectivity index (χ0v) is 15.0. The van der Waals surface area contributed by atoms with E-state index < -0.39 is 12.0 Å². The van der Waals surface area contributed by atoms with Crippen molar-refractivity contribution in [2.75, 3.05) is 23.0 Å². The molecular weight excluding hydrogens is 269 g/mol. The van der Waals surface area contributed by atoms with Gasteiger partial charge in [-0.15, -0.1) is 0 Å². The maximum atomic E-state index is 11.1. The molecule has 0 bridgehead atoms. The van der Waals surface area contributed by atoms with Gasteiger partial charge in [0.25, 0.3) is 0 Å². The van der Waals surface area contributed by atoms with Gasteiger partial charge < -0.3 is 14.8 Å². The molecule has 1 rings (SSSR count). The summed E-state index contributed by atoms with van der Waals surface area (Å²) in [5.41, 5.74) is 2.11. The van der Waals surface area contributed by atoms with Crippen LogP contribution < -0.4 is 39.6 Å². The Morgan fingerprint density at radius 3 is 2.42 bits per heavy atom. The quantitative estimate of drug-likeness (QED) is 0.462. The molecule has 0 spiro atoms. The van der Waals surface area contributed by atoms with Crippen molar-refractivity contribution >= 4 is 23.4 Å². The topological polar surface area (TPSA) is 43.4 Å². The molecule has 100 valence electrons. The van der Waals surface area contributed by atoms with Crippen molar-refractivity contribution in [1.29, 1.82) is 0 Å². The molecule has 1 aromatic carbocycles. The maximum absolute atomic E-state index is 11.1. The van der Waals surface area contributed by atoms with Crippen molar-refractivity contribution in [2.45, 2.75) is 26.8 Å². The van der Waals surface area contributed by atoms with E-state index in [4.69, 9.17) is 0 Å². The number of hydrogen-bond donors (Lipinski definition) is 0. The molecule has 5 heteroatoms. The number of aryl methyl sites for hydroxylation is 1. The van der Waals surface area contributed by atoms with Crippen LogP contribution in [0.4, 0.5) is 5.69 Å². The summed E-state index contributed by atoms with van der Waals surface area (Å²) in [6.07, 6.45) is 0. The van der Waals surface area contributed by atoms with Gasteiger partial charge in [-0.2, -0.15) is 11.8 Å². The summed E-state index contributed by atoms with van der Waals surface area (Å²) in [5, 5.41) is 11.1. The van der Waals surface area contributed by atoms with Gasteiger partial charge in [0.2, 0.25) is 0 Å². The summed E-state index contributed by atoms with van der Waals surface area (Å²) in [6, 6.07) is 7.32.